The zero-order valence-corrected chi connectivity index (χ0v) is 17.2. The fourth-order valence-corrected chi connectivity index (χ4v) is 3.93. The molecule has 2 aliphatic rings. The highest BCUT2D eigenvalue weighted by Crippen LogP contribution is 2.38. The third-order valence-electron chi connectivity index (χ3n) is 5.22. The predicted molar refractivity (Wildman–Crippen MR) is 110 cm³/mol. The van der Waals surface area contributed by atoms with E-state index in [9.17, 15) is 14.0 Å². The normalized spacial score (nSPS) is 16.6. The molecule has 0 radical (unpaired) electrons. The van der Waals surface area contributed by atoms with E-state index < -0.39 is 5.82 Å². The molecule has 2 aromatic rings. The van der Waals surface area contributed by atoms with Crippen LogP contribution < -0.4 is 9.47 Å². The van der Waals surface area contributed by atoms with Gasteiger partial charge in [0, 0.05) is 38.2 Å². The molecule has 2 aromatic carbocycles. The quantitative estimate of drug-likeness (QED) is 0.727. The van der Waals surface area contributed by atoms with E-state index in [1.165, 1.54) is 12.1 Å². The van der Waals surface area contributed by atoms with Crippen molar-refractivity contribution in [1.29, 1.82) is 0 Å². The van der Waals surface area contributed by atoms with Crippen molar-refractivity contribution in [3.05, 3.63) is 58.4 Å². The van der Waals surface area contributed by atoms with Crippen LogP contribution in [0.2, 0.25) is 5.02 Å². The first-order chi connectivity index (χ1) is 14.5. The average molecular weight is 433 g/mol. The molecule has 8 heteroatoms. The molecular weight excluding hydrogens is 411 g/mol. The number of rotatable bonds is 2. The second-order valence-electron chi connectivity index (χ2n) is 7.25. The zero-order chi connectivity index (χ0) is 21.1. The summed E-state index contributed by atoms with van der Waals surface area (Å²) in [6.45, 7) is 2.64. The first kappa shape index (κ1) is 20.5. The van der Waals surface area contributed by atoms with Crippen LogP contribution in [-0.4, -0.2) is 61.0 Å². The highest BCUT2D eigenvalue weighted by Gasteiger charge is 2.26. The van der Waals surface area contributed by atoms with Gasteiger partial charge < -0.3 is 19.3 Å². The molecule has 0 spiro atoms. The largest absolute Gasteiger partial charge is 0.489 e. The van der Waals surface area contributed by atoms with Crippen LogP contribution >= 0.6 is 11.6 Å². The van der Waals surface area contributed by atoms with E-state index in [1.54, 1.807) is 34.1 Å². The second kappa shape index (κ2) is 8.92. The molecular formula is C22H22ClFN2O4. The van der Waals surface area contributed by atoms with E-state index in [4.69, 9.17) is 21.1 Å². The van der Waals surface area contributed by atoms with E-state index in [2.05, 4.69) is 0 Å². The maximum Gasteiger partial charge on any atom is 0.256 e. The SMILES string of the molecule is O=C(c1cc(Cl)c2c(c1)OCCCO2)N1CCCN(C(=O)c2ccccc2F)CC1. The first-order valence-electron chi connectivity index (χ1n) is 9.97. The Kier molecular flexibility index (Phi) is 6.08. The van der Waals surface area contributed by atoms with E-state index >= 15 is 0 Å². The Morgan fingerprint density at radius 1 is 0.900 bits per heavy atom. The molecule has 6 nitrogen and oxygen atoms in total. The summed E-state index contributed by atoms with van der Waals surface area (Å²) in [6.07, 6.45) is 1.34. The number of fused-ring (bicyclic) bond motifs is 1. The minimum Gasteiger partial charge on any atom is -0.489 e. The highest BCUT2D eigenvalue weighted by molar-refractivity contribution is 6.32. The molecule has 0 bridgehead atoms. The number of carbonyl (C=O) groups excluding carboxylic acids is 2. The van der Waals surface area contributed by atoms with Crippen molar-refractivity contribution in [2.24, 2.45) is 0 Å². The van der Waals surface area contributed by atoms with Crippen LogP contribution in [0.4, 0.5) is 4.39 Å². The number of nitrogens with zero attached hydrogens (tertiary/aromatic N) is 2. The van der Waals surface area contributed by atoms with E-state index in [0.717, 1.165) is 6.42 Å². The Morgan fingerprint density at radius 3 is 2.37 bits per heavy atom. The Morgan fingerprint density at radius 2 is 1.60 bits per heavy atom. The van der Waals surface area contributed by atoms with Crippen LogP contribution in [0.3, 0.4) is 0 Å². The minimum absolute atomic E-state index is 0.0481. The third-order valence-corrected chi connectivity index (χ3v) is 5.50. The number of amides is 2. The molecule has 0 N–H and O–H groups in total. The van der Waals surface area contributed by atoms with Gasteiger partial charge >= 0.3 is 0 Å². The molecule has 30 heavy (non-hydrogen) atoms. The summed E-state index contributed by atoms with van der Waals surface area (Å²) in [4.78, 5) is 29.1. The van der Waals surface area contributed by atoms with Gasteiger partial charge in [-0.2, -0.15) is 0 Å². The van der Waals surface area contributed by atoms with Gasteiger partial charge in [-0.3, -0.25) is 9.59 Å². The van der Waals surface area contributed by atoms with Crippen molar-refractivity contribution >= 4 is 23.4 Å². The first-order valence-corrected chi connectivity index (χ1v) is 10.3. The number of halogens is 2. The second-order valence-corrected chi connectivity index (χ2v) is 7.66. The summed E-state index contributed by atoms with van der Waals surface area (Å²) >= 11 is 6.32. The summed E-state index contributed by atoms with van der Waals surface area (Å²) in [6, 6.07) is 9.18. The molecule has 4 rings (SSSR count). The van der Waals surface area contributed by atoms with Gasteiger partial charge in [-0.05, 0) is 30.7 Å². The van der Waals surface area contributed by atoms with Crippen LogP contribution in [0.5, 0.6) is 11.5 Å². The Hall–Kier alpha value is -2.80. The maximum absolute atomic E-state index is 14.0. The number of hydrogen-bond donors (Lipinski definition) is 0. The van der Waals surface area contributed by atoms with Crippen molar-refractivity contribution < 1.29 is 23.5 Å². The van der Waals surface area contributed by atoms with Gasteiger partial charge in [0.25, 0.3) is 11.8 Å². The summed E-state index contributed by atoms with van der Waals surface area (Å²) < 4.78 is 25.3. The summed E-state index contributed by atoms with van der Waals surface area (Å²) in [5, 5.41) is 0.337. The van der Waals surface area contributed by atoms with Crippen molar-refractivity contribution in [3.8, 4) is 11.5 Å². The molecule has 2 heterocycles. The monoisotopic (exact) mass is 432 g/mol. The third kappa shape index (κ3) is 4.21. The number of ether oxygens (including phenoxy) is 2. The van der Waals surface area contributed by atoms with Crippen LogP contribution in [-0.2, 0) is 0 Å². The zero-order valence-electron chi connectivity index (χ0n) is 16.4. The molecule has 1 fully saturated rings. The van der Waals surface area contributed by atoms with E-state index in [1.807, 2.05) is 0 Å². The lowest BCUT2D eigenvalue weighted by atomic mass is 10.1. The van der Waals surface area contributed by atoms with Crippen LogP contribution in [0.1, 0.15) is 33.6 Å². The van der Waals surface area contributed by atoms with Crippen molar-refractivity contribution in [2.75, 3.05) is 39.4 Å². The molecule has 0 aromatic heterocycles. The molecule has 2 amide bonds. The Labute approximate surface area is 179 Å². The van der Waals surface area contributed by atoms with Crippen molar-refractivity contribution in [1.82, 2.24) is 9.80 Å². The summed E-state index contributed by atoms with van der Waals surface area (Å²) in [5.41, 5.74) is 0.463. The summed E-state index contributed by atoms with van der Waals surface area (Å²) in [5.74, 6) is -0.159. The molecule has 1 saturated heterocycles. The van der Waals surface area contributed by atoms with Gasteiger partial charge in [0.2, 0.25) is 0 Å². The van der Waals surface area contributed by atoms with Crippen molar-refractivity contribution in [2.45, 2.75) is 12.8 Å². The molecule has 158 valence electrons. The van der Waals surface area contributed by atoms with E-state index in [0.29, 0.717) is 67.9 Å². The van der Waals surface area contributed by atoms with Gasteiger partial charge in [0.05, 0.1) is 23.8 Å². The lowest BCUT2D eigenvalue weighted by Gasteiger charge is -2.23. The fraction of sp³-hybridized carbons (Fsp3) is 0.364. The topological polar surface area (TPSA) is 59.1 Å². The Bertz CT molecular complexity index is 968. The number of benzene rings is 2. The van der Waals surface area contributed by atoms with Crippen LogP contribution in [0.15, 0.2) is 36.4 Å². The van der Waals surface area contributed by atoms with Gasteiger partial charge in [-0.1, -0.05) is 23.7 Å². The number of carbonyl (C=O) groups is 2. The molecule has 0 saturated carbocycles. The van der Waals surface area contributed by atoms with Crippen molar-refractivity contribution in [3.63, 3.8) is 0 Å². The highest BCUT2D eigenvalue weighted by atomic mass is 35.5. The van der Waals surface area contributed by atoms with Crippen LogP contribution in [0, 0.1) is 5.82 Å². The minimum atomic E-state index is -0.540. The number of hydrogen-bond acceptors (Lipinski definition) is 4. The molecule has 2 aliphatic heterocycles. The van der Waals surface area contributed by atoms with Crippen LogP contribution in [0.25, 0.3) is 0 Å². The van der Waals surface area contributed by atoms with Gasteiger partial charge in [0.1, 0.15) is 5.82 Å². The Balaban J connectivity index is 1.48. The smallest absolute Gasteiger partial charge is 0.256 e. The van der Waals surface area contributed by atoms with Gasteiger partial charge in [-0.25, -0.2) is 4.39 Å². The van der Waals surface area contributed by atoms with E-state index in [-0.39, 0.29) is 17.4 Å². The standard InChI is InChI=1S/C22H22ClFN2O4/c23-17-13-15(14-19-20(17)30-12-4-11-29-19)21(27)25-7-3-8-26(10-9-25)22(28)16-5-1-2-6-18(16)24/h1-2,5-6,13-14H,3-4,7-12H2. The lowest BCUT2D eigenvalue weighted by molar-refractivity contribution is 0.0716. The summed E-state index contributed by atoms with van der Waals surface area (Å²) in [7, 11) is 0. The average Bonchev–Trinajstić information content (AvgIpc) is 3.14. The maximum atomic E-state index is 14.0. The van der Waals surface area contributed by atoms with Gasteiger partial charge in [0.15, 0.2) is 11.5 Å². The lowest BCUT2D eigenvalue weighted by Crippen LogP contribution is -2.37. The molecule has 0 atom stereocenters. The predicted octanol–water partition coefficient (Wildman–Crippen LogP) is 3.63. The molecule has 0 unspecified atom stereocenters. The molecule has 0 aliphatic carbocycles. The fourth-order valence-electron chi connectivity index (χ4n) is 3.67. The van der Waals surface area contributed by atoms with Gasteiger partial charge in [-0.15, -0.1) is 0 Å².